The lowest BCUT2D eigenvalue weighted by molar-refractivity contribution is 0.00104. The monoisotopic (exact) mass is 252 g/mol. The van der Waals surface area contributed by atoms with Crippen LogP contribution in [0.25, 0.3) is 0 Å². The van der Waals surface area contributed by atoms with E-state index in [0.717, 1.165) is 6.04 Å². The SMILES string of the molecule is CCC1CNC(C(C)(C)C)CN1C1(C)CCCC1. The van der Waals surface area contributed by atoms with Crippen LogP contribution in [0.5, 0.6) is 0 Å². The minimum atomic E-state index is 0.367. The summed E-state index contributed by atoms with van der Waals surface area (Å²) in [4.78, 5) is 2.85. The first-order valence-electron chi connectivity index (χ1n) is 7.87. The summed E-state index contributed by atoms with van der Waals surface area (Å²) in [6.07, 6.45) is 6.94. The van der Waals surface area contributed by atoms with E-state index in [9.17, 15) is 0 Å². The van der Waals surface area contributed by atoms with Gasteiger partial charge in [0.2, 0.25) is 0 Å². The van der Waals surface area contributed by atoms with Crippen molar-refractivity contribution >= 4 is 0 Å². The fraction of sp³-hybridized carbons (Fsp3) is 1.00. The Hall–Kier alpha value is -0.0800. The van der Waals surface area contributed by atoms with Gasteiger partial charge in [-0.3, -0.25) is 4.90 Å². The van der Waals surface area contributed by atoms with E-state index in [2.05, 4.69) is 44.8 Å². The van der Waals surface area contributed by atoms with Gasteiger partial charge in [0.15, 0.2) is 0 Å². The molecule has 2 nitrogen and oxygen atoms in total. The van der Waals surface area contributed by atoms with Crippen LogP contribution >= 0.6 is 0 Å². The lowest BCUT2D eigenvalue weighted by Crippen LogP contribution is -2.65. The summed E-state index contributed by atoms with van der Waals surface area (Å²) in [6.45, 7) is 14.4. The number of hydrogen-bond acceptors (Lipinski definition) is 2. The first-order chi connectivity index (χ1) is 8.37. The zero-order valence-corrected chi connectivity index (χ0v) is 13.1. The van der Waals surface area contributed by atoms with E-state index >= 15 is 0 Å². The summed E-state index contributed by atoms with van der Waals surface area (Å²) in [5, 5.41) is 3.79. The normalized spacial score (nSPS) is 33.8. The van der Waals surface area contributed by atoms with Crippen LogP contribution in [0.3, 0.4) is 0 Å². The Morgan fingerprint density at radius 3 is 2.33 bits per heavy atom. The lowest BCUT2D eigenvalue weighted by atomic mass is 9.82. The van der Waals surface area contributed by atoms with Crippen LogP contribution in [-0.4, -0.2) is 35.6 Å². The average Bonchev–Trinajstić information content (AvgIpc) is 2.75. The Morgan fingerprint density at radius 2 is 1.83 bits per heavy atom. The van der Waals surface area contributed by atoms with Gasteiger partial charge in [-0.1, -0.05) is 40.5 Å². The Morgan fingerprint density at radius 1 is 1.22 bits per heavy atom. The van der Waals surface area contributed by atoms with Gasteiger partial charge in [0.05, 0.1) is 0 Å². The molecule has 1 saturated carbocycles. The molecule has 2 unspecified atom stereocenters. The van der Waals surface area contributed by atoms with E-state index in [-0.39, 0.29) is 0 Å². The summed E-state index contributed by atoms with van der Waals surface area (Å²) in [5.41, 5.74) is 0.845. The fourth-order valence-corrected chi connectivity index (χ4v) is 3.83. The van der Waals surface area contributed by atoms with Crippen molar-refractivity contribution in [2.24, 2.45) is 5.41 Å². The standard InChI is InChI=1S/C16H32N2/c1-6-13-11-17-14(15(2,3)4)12-18(13)16(5)9-7-8-10-16/h13-14,17H,6-12H2,1-5H3. The molecule has 0 aromatic carbocycles. The van der Waals surface area contributed by atoms with Gasteiger partial charge in [-0.2, -0.15) is 0 Å². The minimum Gasteiger partial charge on any atom is -0.311 e. The molecule has 0 radical (unpaired) electrons. The van der Waals surface area contributed by atoms with Crippen molar-refractivity contribution < 1.29 is 0 Å². The maximum atomic E-state index is 3.79. The van der Waals surface area contributed by atoms with Crippen LogP contribution in [0.15, 0.2) is 0 Å². The first-order valence-corrected chi connectivity index (χ1v) is 7.87. The quantitative estimate of drug-likeness (QED) is 0.810. The summed E-state index contributed by atoms with van der Waals surface area (Å²) >= 11 is 0. The Labute approximate surface area is 114 Å². The summed E-state index contributed by atoms with van der Waals surface area (Å²) in [6, 6.07) is 1.38. The van der Waals surface area contributed by atoms with E-state index < -0.39 is 0 Å². The molecule has 2 aliphatic rings. The second kappa shape index (κ2) is 5.13. The third-order valence-corrected chi connectivity index (χ3v) is 5.31. The highest BCUT2D eigenvalue weighted by Gasteiger charge is 2.43. The van der Waals surface area contributed by atoms with Gasteiger partial charge in [0, 0.05) is 30.7 Å². The predicted molar refractivity (Wildman–Crippen MR) is 78.9 cm³/mol. The third-order valence-electron chi connectivity index (χ3n) is 5.31. The van der Waals surface area contributed by atoms with Crippen molar-refractivity contribution in [3.8, 4) is 0 Å². The molecule has 2 rings (SSSR count). The molecule has 1 aliphatic heterocycles. The maximum Gasteiger partial charge on any atom is 0.0244 e. The molecule has 1 aliphatic carbocycles. The second-order valence-electron chi connectivity index (χ2n) is 7.75. The van der Waals surface area contributed by atoms with Gasteiger partial charge < -0.3 is 5.32 Å². The maximum absolute atomic E-state index is 3.79. The Balaban J connectivity index is 2.13. The molecule has 0 spiro atoms. The van der Waals surface area contributed by atoms with Gasteiger partial charge >= 0.3 is 0 Å². The van der Waals surface area contributed by atoms with Crippen LogP contribution < -0.4 is 5.32 Å². The van der Waals surface area contributed by atoms with Gasteiger partial charge in [0.25, 0.3) is 0 Å². The summed E-state index contributed by atoms with van der Waals surface area (Å²) < 4.78 is 0. The largest absolute Gasteiger partial charge is 0.311 e. The smallest absolute Gasteiger partial charge is 0.0244 e. The van der Waals surface area contributed by atoms with Crippen molar-refractivity contribution in [3.63, 3.8) is 0 Å². The number of hydrogen-bond donors (Lipinski definition) is 1. The highest BCUT2D eigenvalue weighted by atomic mass is 15.3. The molecular weight excluding hydrogens is 220 g/mol. The first kappa shape index (κ1) is 14.3. The number of rotatable bonds is 2. The predicted octanol–water partition coefficient (Wildman–Crippen LogP) is 3.42. The van der Waals surface area contributed by atoms with Crippen LogP contribution in [0, 0.1) is 5.41 Å². The van der Waals surface area contributed by atoms with Crippen molar-refractivity contribution in [3.05, 3.63) is 0 Å². The fourth-order valence-electron chi connectivity index (χ4n) is 3.83. The molecule has 1 N–H and O–H groups in total. The van der Waals surface area contributed by atoms with E-state index in [1.54, 1.807) is 0 Å². The highest BCUT2D eigenvalue weighted by Crippen LogP contribution is 2.38. The Kier molecular flexibility index (Phi) is 4.08. The van der Waals surface area contributed by atoms with Crippen LogP contribution in [0.1, 0.15) is 66.7 Å². The van der Waals surface area contributed by atoms with Gasteiger partial charge in [-0.05, 0) is 31.6 Å². The van der Waals surface area contributed by atoms with E-state index in [4.69, 9.17) is 0 Å². The molecule has 0 aromatic rings. The molecule has 0 amide bonds. The van der Waals surface area contributed by atoms with Gasteiger partial charge in [-0.25, -0.2) is 0 Å². The third kappa shape index (κ3) is 2.75. The molecule has 2 atom stereocenters. The molecule has 2 fully saturated rings. The molecule has 2 heteroatoms. The second-order valence-corrected chi connectivity index (χ2v) is 7.75. The van der Waals surface area contributed by atoms with Crippen LogP contribution in [0.4, 0.5) is 0 Å². The number of nitrogens with zero attached hydrogens (tertiary/aromatic N) is 1. The van der Waals surface area contributed by atoms with Crippen molar-refractivity contribution in [2.45, 2.75) is 84.3 Å². The summed E-state index contributed by atoms with van der Waals surface area (Å²) in [7, 11) is 0. The highest BCUT2D eigenvalue weighted by molar-refractivity contribution is 5.00. The van der Waals surface area contributed by atoms with E-state index in [1.165, 1.54) is 45.2 Å². The molecule has 106 valence electrons. The van der Waals surface area contributed by atoms with Crippen molar-refractivity contribution in [2.75, 3.05) is 13.1 Å². The minimum absolute atomic E-state index is 0.367. The molecule has 0 bridgehead atoms. The Bertz CT molecular complexity index is 273. The molecular formula is C16H32N2. The molecule has 0 aromatic heterocycles. The van der Waals surface area contributed by atoms with Crippen molar-refractivity contribution in [1.29, 1.82) is 0 Å². The van der Waals surface area contributed by atoms with E-state index in [0.29, 0.717) is 17.0 Å². The topological polar surface area (TPSA) is 15.3 Å². The zero-order valence-electron chi connectivity index (χ0n) is 13.1. The van der Waals surface area contributed by atoms with Crippen LogP contribution in [0.2, 0.25) is 0 Å². The molecule has 18 heavy (non-hydrogen) atoms. The summed E-state index contributed by atoms with van der Waals surface area (Å²) in [5.74, 6) is 0. The number of nitrogens with one attached hydrogen (secondary N) is 1. The van der Waals surface area contributed by atoms with E-state index in [1.807, 2.05) is 0 Å². The average molecular weight is 252 g/mol. The lowest BCUT2D eigenvalue weighted by Gasteiger charge is -2.51. The molecule has 1 saturated heterocycles. The van der Waals surface area contributed by atoms with Gasteiger partial charge in [-0.15, -0.1) is 0 Å². The molecule has 1 heterocycles. The van der Waals surface area contributed by atoms with Crippen molar-refractivity contribution in [1.82, 2.24) is 10.2 Å². The number of piperazine rings is 1. The zero-order chi connectivity index (χ0) is 13.4. The van der Waals surface area contributed by atoms with Crippen LogP contribution in [-0.2, 0) is 0 Å². The van der Waals surface area contributed by atoms with Gasteiger partial charge in [0.1, 0.15) is 0 Å².